The zero-order chi connectivity index (χ0) is 25.8. The average molecular weight is 499 g/mol. The Morgan fingerprint density at radius 3 is 2.64 bits per heavy atom. The fraction of sp³-hybridized carbons (Fsp3) is 0.806. The number of carbonyl (C=O) groups is 2. The maximum atomic E-state index is 11.5. The van der Waals surface area contributed by atoms with Crippen molar-refractivity contribution in [3.8, 4) is 0 Å². The zero-order valence-electron chi connectivity index (χ0n) is 23.2. The number of hydrogen-bond acceptors (Lipinski definition) is 5. The molecule has 200 valence electrons. The second-order valence-corrected chi connectivity index (χ2v) is 13.2. The number of rotatable bonds is 6. The second-order valence-electron chi connectivity index (χ2n) is 13.2. The van der Waals surface area contributed by atoms with Crippen LogP contribution in [-0.2, 0) is 23.8 Å². The van der Waals surface area contributed by atoms with E-state index in [-0.39, 0.29) is 23.5 Å². The van der Waals surface area contributed by atoms with Gasteiger partial charge in [-0.2, -0.15) is 0 Å². The largest absolute Gasteiger partial charge is 0.494 e. The monoisotopic (exact) mass is 498 g/mol. The highest BCUT2D eigenvalue weighted by Crippen LogP contribution is 2.69. The van der Waals surface area contributed by atoms with Gasteiger partial charge in [-0.3, -0.25) is 9.59 Å². The van der Waals surface area contributed by atoms with E-state index in [1.54, 1.807) is 5.57 Å². The molecule has 0 saturated heterocycles. The highest BCUT2D eigenvalue weighted by Gasteiger charge is 2.63. The Morgan fingerprint density at radius 2 is 1.92 bits per heavy atom. The number of allylic oxidation sites excluding steroid dienone is 2. The van der Waals surface area contributed by atoms with Crippen molar-refractivity contribution in [3.05, 3.63) is 23.0 Å². The molecule has 4 aliphatic carbocycles. The summed E-state index contributed by atoms with van der Waals surface area (Å²) in [5, 5.41) is 0. The minimum Gasteiger partial charge on any atom is -0.494 e. The smallest absolute Gasteiger partial charge is 0.302 e. The molecule has 3 fully saturated rings. The van der Waals surface area contributed by atoms with Gasteiger partial charge in [-0.25, -0.2) is 0 Å². The molecular weight excluding hydrogens is 452 g/mol. The third-order valence-corrected chi connectivity index (χ3v) is 11.0. The van der Waals surface area contributed by atoms with Gasteiger partial charge in [0.1, 0.15) is 12.2 Å². The summed E-state index contributed by atoms with van der Waals surface area (Å²) in [6.45, 7) is 13.1. The van der Waals surface area contributed by atoms with Crippen LogP contribution in [0, 0.1) is 40.4 Å². The SMILES string of the molecule is CC(=O)OC[C@H](C)CCC1=C(C)[C@@H]2[C@@H](C[C@@H]3[C@H]4CC=C5C[C@@H](OC(C)=O)CC[C@]5(C)[C@@H]4CC[C@@]32C)O1. The summed E-state index contributed by atoms with van der Waals surface area (Å²) in [4.78, 5) is 22.7. The molecule has 0 aromatic carbocycles. The van der Waals surface area contributed by atoms with Crippen LogP contribution in [-0.4, -0.2) is 30.8 Å². The molecule has 1 heterocycles. The van der Waals surface area contributed by atoms with Gasteiger partial charge in [0.15, 0.2) is 0 Å². The third kappa shape index (κ3) is 4.32. The summed E-state index contributed by atoms with van der Waals surface area (Å²) < 4.78 is 17.5. The number of fused-ring (bicyclic) bond motifs is 7. The van der Waals surface area contributed by atoms with E-state index in [2.05, 4.69) is 33.8 Å². The summed E-state index contributed by atoms with van der Waals surface area (Å²) in [6.07, 6.45) is 12.9. The first-order valence-corrected chi connectivity index (χ1v) is 14.4. The van der Waals surface area contributed by atoms with Gasteiger partial charge in [-0.05, 0) is 91.9 Å². The highest BCUT2D eigenvalue weighted by molar-refractivity contribution is 5.66. The Labute approximate surface area is 217 Å². The van der Waals surface area contributed by atoms with Crippen molar-refractivity contribution in [3.63, 3.8) is 0 Å². The number of hydrogen-bond donors (Lipinski definition) is 0. The van der Waals surface area contributed by atoms with Crippen molar-refractivity contribution >= 4 is 11.9 Å². The molecular formula is C31H46O5. The van der Waals surface area contributed by atoms with E-state index >= 15 is 0 Å². The van der Waals surface area contributed by atoms with E-state index in [1.165, 1.54) is 50.9 Å². The van der Waals surface area contributed by atoms with E-state index in [0.29, 0.717) is 35.9 Å². The summed E-state index contributed by atoms with van der Waals surface area (Å²) >= 11 is 0. The van der Waals surface area contributed by atoms with Crippen LogP contribution in [0.1, 0.15) is 99.3 Å². The first-order valence-electron chi connectivity index (χ1n) is 14.4. The van der Waals surface area contributed by atoms with Crippen molar-refractivity contribution in [1.82, 2.24) is 0 Å². The number of carbonyl (C=O) groups excluding carboxylic acids is 2. The van der Waals surface area contributed by atoms with Crippen LogP contribution >= 0.6 is 0 Å². The predicted molar refractivity (Wildman–Crippen MR) is 139 cm³/mol. The van der Waals surface area contributed by atoms with Gasteiger partial charge in [0, 0.05) is 32.6 Å². The fourth-order valence-corrected chi connectivity index (χ4v) is 9.27. The van der Waals surface area contributed by atoms with E-state index in [4.69, 9.17) is 14.2 Å². The molecule has 5 rings (SSSR count). The molecule has 0 unspecified atom stereocenters. The first-order chi connectivity index (χ1) is 17.0. The molecule has 0 aromatic heterocycles. The van der Waals surface area contributed by atoms with Gasteiger partial charge in [0.2, 0.25) is 0 Å². The lowest BCUT2D eigenvalue weighted by molar-refractivity contribution is -0.148. The number of ether oxygens (including phenoxy) is 3. The summed E-state index contributed by atoms with van der Waals surface area (Å²) in [5.74, 6) is 3.93. The van der Waals surface area contributed by atoms with E-state index in [9.17, 15) is 9.59 Å². The molecule has 9 atom stereocenters. The van der Waals surface area contributed by atoms with Crippen molar-refractivity contribution in [2.24, 2.45) is 40.4 Å². The number of esters is 2. The van der Waals surface area contributed by atoms with Gasteiger partial charge in [-0.15, -0.1) is 0 Å². The molecule has 0 amide bonds. The summed E-state index contributed by atoms with van der Waals surface area (Å²) in [5.41, 5.74) is 3.62. The molecule has 5 heteroatoms. The van der Waals surface area contributed by atoms with Gasteiger partial charge in [-0.1, -0.05) is 32.4 Å². The van der Waals surface area contributed by atoms with E-state index in [0.717, 1.165) is 43.9 Å². The van der Waals surface area contributed by atoms with Crippen LogP contribution in [0.2, 0.25) is 0 Å². The molecule has 0 N–H and O–H groups in total. The van der Waals surface area contributed by atoms with Crippen LogP contribution in [0.15, 0.2) is 23.0 Å². The Balaban J connectivity index is 1.29. The van der Waals surface area contributed by atoms with Crippen LogP contribution in [0.4, 0.5) is 0 Å². The molecule has 5 aliphatic rings. The Hall–Kier alpha value is -1.78. The lowest BCUT2D eigenvalue weighted by Gasteiger charge is -2.58. The van der Waals surface area contributed by atoms with Crippen molar-refractivity contribution in [2.45, 2.75) is 112 Å². The quantitative estimate of drug-likeness (QED) is 0.299. The second kappa shape index (κ2) is 9.51. The Bertz CT molecular complexity index is 964. The van der Waals surface area contributed by atoms with Crippen LogP contribution in [0.25, 0.3) is 0 Å². The molecule has 36 heavy (non-hydrogen) atoms. The summed E-state index contributed by atoms with van der Waals surface area (Å²) in [6, 6.07) is 0. The average Bonchev–Trinajstić information content (AvgIpc) is 3.29. The maximum absolute atomic E-state index is 11.5. The van der Waals surface area contributed by atoms with Gasteiger partial charge in [0.25, 0.3) is 0 Å². The lowest BCUT2D eigenvalue weighted by atomic mass is 9.47. The fourth-order valence-electron chi connectivity index (χ4n) is 9.27. The first kappa shape index (κ1) is 25.9. The minimum atomic E-state index is -0.200. The van der Waals surface area contributed by atoms with Gasteiger partial charge < -0.3 is 14.2 Å². The highest BCUT2D eigenvalue weighted by atomic mass is 16.5. The molecule has 0 bridgehead atoms. The van der Waals surface area contributed by atoms with Crippen LogP contribution in [0.5, 0.6) is 0 Å². The summed E-state index contributed by atoms with van der Waals surface area (Å²) in [7, 11) is 0. The van der Waals surface area contributed by atoms with Crippen molar-refractivity contribution in [2.75, 3.05) is 6.61 Å². The molecule has 0 aromatic rings. The molecule has 3 saturated carbocycles. The Kier molecular flexibility index (Phi) is 6.83. The normalized spacial score (nSPS) is 41.8. The van der Waals surface area contributed by atoms with E-state index in [1.807, 2.05) is 0 Å². The van der Waals surface area contributed by atoms with Gasteiger partial charge >= 0.3 is 11.9 Å². The molecule has 0 spiro atoms. The van der Waals surface area contributed by atoms with Gasteiger partial charge in [0.05, 0.1) is 12.4 Å². The van der Waals surface area contributed by atoms with Crippen molar-refractivity contribution < 1.29 is 23.8 Å². The standard InChI is InChI=1S/C31H46O5/c1-18(17-34-20(3)32)7-10-27-19(2)29-28(36-27)16-26-24-9-8-22-15-23(35-21(4)33)11-13-30(22,5)25(24)12-14-31(26,29)6/h8,18,23-26,28-29H,7,9-17H2,1-6H3/t18-,23+,24+,25-,26-,28-,29-,30+,31+/m1/s1. The lowest BCUT2D eigenvalue weighted by Crippen LogP contribution is -2.50. The molecule has 1 aliphatic heterocycles. The van der Waals surface area contributed by atoms with E-state index < -0.39 is 0 Å². The third-order valence-electron chi connectivity index (χ3n) is 11.0. The Morgan fingerprint density at radius 1 is 1.14 bits per heavy atom. The topological polar surface area (TPSA) is 61.8 Å². The zero-order valence-corrected chi connectivity index (χ0v) is 23.2. The van der Waals surface area contributed by atoms with Crippen LogP contribution in [0.3, 0.4) is 0 Å². The maximum Gasteiger partial charge on any atom is 0.302 e. The molecule has 5 nitrogen and oxygen atoms in total. The minimum absolute atomic E-state index is 0.0643. The predicted octanol–water partition coefficient (Wildman–Crippen LogP) is 6.76. The molecule has 0 radical (unpaired) electrons. The van der Waals surface area contributed by atoms with Crippen LogP contribution < -0.4 is 0 Å². The van der Waals surface area contributed by atoms with Crippen molar-refractivity contribution in [1.29, 1.82) is 0 Å².